The van der Waals surface area contributed by atoms with Crippen molar-refractivity contribution in [1.29, 1.82) is 0 Å². The first kappa shape index (κ1) is 19.5. The first-order valence-corrected chi connectivity index (χ1v) is 9.84. The van der Waals surface area contributed by atoms with Gasteiger partial charge in [0.15, 0.2) is 11.6 Å². The van der Waals surface area contributed by atoms with Gasteiger partial charge in [-0.15, -0.1) is 0 Å². The molecule has 0 heterocycles. The molecule has 4 rings (SSSR count). The fourth-order valence-corrected chi connectivity index (χ4v) is 3.05. The highest BCUT2D eigenvalue weighted by Gasteiger charge is 2.22. The number of Topliss-reactive ketones (excluding diaryl/α,β-unsaturated/α-hetero) is 2. The molecule has 3 aromatic rings. The van der Waals surface area contributed by atoms with E-state index < -0.39 is 17.4 Å². The summed E-state index contributed by atoms with van der Waals surface area (Å²) >= 11 is 0. The second kappa shape index (κ2) is 8.71. The summed E-state index contributed by atoms with van der Waals surface area (Å²) in [5.41, 5.74) is 1.80. The van der Waals surface area contributed by atoms with E-state index >= 15 is 0 Å². The number of allylic oxidation sites excluding steroid dienone is 1. The first-order valence-electron chi connectivity index (χ1n) is 9.84. The Kier molecular flexibility index (Phi) is 5.68. The average molecular weight is 394 g/mol. The molecule has 0 radical (unpaired) electrons. The van der Waals surface area contributed by atoms with E-state index in [1.54, 1.807) is 66.7 Å². The highest BCUT2D eigenvalue weighted by Crippen LogP contribution is 2.28. The highest BCUT2D eigenvalue weighted by molar-refractivity contribution is 6.33. The van der Waals surface area contributed by atoms with Crippen LogP contribution in [0.1, 0.15) is 44.7 Å². The molecule has 0 atom stereocenters. The Bertz CT molecular complexity index is 1120. The van der Waals surface area contributed by atoms with Crippen LogP contribution in [0.4, 0.5) is 4.39 Å². The van der Waals surface area contributed by atoms with Crippen molar-refractivity contribution in [2.45, 2.75) is 12.8 Å². The monoisotopic (exact) mass is 394 g/mol. The van der Waals surface area contributed by atoms with Crippen molar-refractivity contribution in [3.05, 3.63) is 113 Å². The predicted octanol–water partition coefficient (Wildman–Crippen LogP) is 5.74. The molecule has 2 nitrogen and oxygen atoms in total. The van der Waals surface area contributed by atoms with E-state index in [-0.39, 0.29) is 5.57 Å². The molecular weight excluding hydrogens is 375 g/mol. The summed E-state index contributed by atoms with van der Waals surface area (Å²) in [6.45, 7) is 0. The van der Waals surface area contributed by atoms with Crippen LogP contribution in [-0.2, 0) is 0 Å². The minimum atomic E-state index is -0.447. The third-order valence-corrected chi connectivity index (χ3v) is 4.86. The van der Waals surface area contributed by atoms with E-state index in [0.717, 1.165) is 12.8 Å². The van der Waals surface area contributed by atoms with Gasteiger partial charge < -0.3 is 0 Å². The lowest BCUT2D eigenvalue weighted by molar-refractivity contribution is 0.0964. The van der Waals surface area contributed by atoms with Gasteiger partial charge >= 0.3 is 0 Å². The SMILES string of the molecule is O=C(C(=Cc1cc(F)ccc1C#CC1CC1)C(=O)c1ccccc1)c1ccccc1. The number of rotatable bonds is 5. The molecule has 1 saturated carbocycles. The fourth-order valence-electron chi connectivity index (χ4n) is 3.05. The van der Waals surface area contributed by atoms with Crippen molar-refractivity contribution < 1.29 is 14.0 Å². The van der Waals surface area contributed by atoms with Crippen LogP contribution in [0, 0.1) is 23.6 Å². The summed E-state index contributed by atoms with van der Waals surface area (Å²) in [6, 6.07) is 21.5. The minimum absolute atomic E-state index is 0.0209. The number of benzene rings is 3. The van der Waals surface area contributed by atoms with Crippen LogP contribution in [0.2, 0.25) is 0 Å². The third-order valence-electron chi connectivity index (χ3n) is 4.86. The summed E-state index contributed by atoms with van der Waals surface area (Å²) in [6.07, 6.45) is 3.61. The van der Waals surface area contributed by atoms with Gasteiger partial charge in [0.2, 0.25) is 0 Å². The summed E-state index contributed by atoms with van der Waals surface area (Å²) in [7, 11) is 0. The number of ketones is 2. The predicted molar refractivity (Wildman–Crippen MR) is 116 cm³/mol. The van der Waals surface area contributed by atoms with Crippen LogP contribution in [-0.4, -0.2) is 11.6 Å². The molecule has 30 heavy (non-hydrogen) atoms. The second-order valence-electron chi connectivity index (χ2n) is 7.22. The molecule has 0 aromatic heterocycles. The number of carbonyl (C=O) groups excluding carboxylic acids is 2. The van der Waals surface area contributed by atoms with Crippen molar-refractivity contribution in [2.24, 2.45) is 5.92 Å². The highest BCUT2D eigenvalue weighted by atomic mass is 19.1. The Morgan fingerprint density at radius 1 is 0.833 bits per heavy atom. The smallest absolute Gasteiger partial charge is 0.196 e. The van der Waals surface area contributed by atoms with E-state index in [2.05, 4.69) is 11.8 Å². The van der Waals surface area contributed by atoms with Gasteiger partial charge in [0, 0.05) is 22.6 Å². The summed E-state index contributed by atoms with van der Waals surface area (Å²) in [4.78, 5) is 26.4. The molecule has 1 aliphatic carbocycles. The molecule has 0 amide bonds. The summed E-state index contributed by atoms with van der Waals surface area (Å²) in [5.74, 6) is 5.35. The largest absolute Gasteiger partial charge is 0.288 e. The van der Waals surface area contributed by atoms with Crippen molar-refractivity contribution in [3.8, 4) is 11.8 Å². The molecule has 0 unspecified atom stereocenters. The van der Waals surface area contributed by atoms with Gasteiger partial charge in [-0.05, 0) is 42.7 Å². The quantitative estimate of drug-likeness (QED) is 0.182. The number of hydrogen-bond donors (Lipinski definition) is 0. The van der Waals surface area contributed by atoms with Gasteiger partial charge in [0.1, 0.15) is 5.82 Å². The van der Waals surface area contributed by atoms with E-state index in [4.69, 9.17) is 0 Å². The number of halogens is 1. The molecule has 1 aliphatic rings. The van der Waals surface area contributed by atoms with E-state index in [1.165, 1.54) is 18.2 Å². The van der Waals surface area contributed by atoms with Crippen molar-refractivity contribution in [3.63, 3.8) is 0 Å². The van der Waals surface area contributed by atoms with E-state index in [9.17, 15) is 14.0 Å². The maximum atomic E-state index is 14.0. The normalized spacial score (nSPS) is 12.4. The Hall–Kier alpha value is -3.77. The standard InChI is InChI=1S/C27H19FO2/c28-24-16-15-20(14-13-19-11-12-19)23(17-24)18-25(26(29)21-7-3-1-4-8-21)27(30)22-9-5-2-6-10-22/h1-10,15-19H,11-12H2. The van der Waals surface area contributed by atoms with Crippen molar-refractivity contribution in [2.75, 3.05) is 0 Å². The summed E-state index contributed by atoms with van der Waals surface area (Å²) in [5, 5.41) is 0. The zero-order chi connectivity index (χ0) is 20.9. The number of carbonyl (C=O) groups is 2. The topological polar surface area (TPSA) is 34.1 Å². The lowest BCUT2D eigenvalue weighted by Gasteiger charge is -2.08. The van der Waals surface area contributed by atoms with E-state index in [0.29, 0.717) is 28.2 Å². The maximum Gasteiger partial charge on any atom is 0.196 e. The molecule has 0 aliphatic heterocycles. The first-order chi connectivity index (χ1) is 14.6. The molecular formula is C27H19FO2. The van der Waals surface area contributed by atoms with Gasteiger partial charge in [-0.25, -0.2) is 4.39 Å². The van der Waals surface area contributed by atoms with E-state index in [1.807, 2.05) is 0 Å². The third kappa shape index (κ3) is 4.61. The lowest BCUT2D eigenvalue weighted by atomic mass is 9.93. The van der Waals surface area contributed by atoms with Crippen LogP contribution in [0.15, 0.2) is 84.4 Å². The molecule has 0 N–H and O–H groups in total. The van der Waals surface area contributed by atoms with Crippen molar-refractivity contribution >= 4 is 17.6 Å². The van der Waals surface area contributed by atoms with Crippen LogP contribution >= 0.6 is 0 Å². The molecule has 146 valence electrons. The Morgan fingerprint density at radius 2 is 1.40 bits per heavy atom. The van der Waals surface area contributed by atoms with Gasteiger partial charge in [-0.3, -0.25) is 9.59 Å². The summed E-state index contributed by atoms with van der Waals surface area (Å²) < 4.78 is 14.0. The zero-order valence-corrected chi connectivity index (χ0v) is 16.3. The molecule has 3 heteroatoms. The average Bonchev–Trinajstić information content (AvgIpc) is 3.62. The molecule has 1 fully saturated rings. The van der Waals surface area contributed by atoms with Crippen molar-refractivity contribution in [1.82, 2.24) is 0 Å². The lowest BCUT2D eigenvalue weighted by Crippen LogP contribution is -2.14. The van der Waals surface area contributed by atoms with Crippen LogP contribution in [0.3, 0.4) is 0 Å². The Morgan fingerprint density at radius 3 is 1.93 bits per heavy atom. The van der Waals surface area contributed by atoms with Gasteiger partial charge in [-0.1, -0.05) is 72.5 Å². The van der Waals surface area contributed by atoms with Crippen LogP contribution in [0.5, 0.6) is 0 Å². The molecule has 0 spiro atoms. The van der Waals surface area contributed by atoms with Gasteiger partial charge in [-0.2, -0.15) is 0 Å². The Labute approximate surface area is 175 Å². The second-order valence-corrected chi connectivity index (χ2v) is 7.22. The van der Waals surface area contributed by atoms with Gasteiger partial charge in [0.05, 0.1) is 5.57 Å². The molecule has 0 bridgehead atoms. The molecule has 3 aromatic carbocycles. The Balaban J connectivity index is 1.83. The maximum absolute atomic E-state index is 14.0. The van der Waals surface area contributed by atoms with Gasteiger partial charge in [0.25, 0.3) is 0 Å². The van der Waals surface area contributed by atoms with Crippen LogP contribution in [0.25, 0.3) is 6.08 Å². The molecule has 0 saturated heterocycles. The van der Waals surface area contributed by atoms with Crippen LogP contribution < -0.4 is 0 Å². The fraction of sp³-hybridized carbons (Fsp3) is 0.111. The minimum Gasteiger partial charge on any atom is -0.288 e. The zero-order valence-electron chi connectivity index (χ0n) is 16.3. The number of hydrogen-bond acceptors (Lipinski definition) is 2.